The van der Waals surface area contributed by atoms with Gasteiger partial charge in [-0.25, -0.2) is 4.39 Å². The lowest BCUT2D eigenvalue weighted by molar-refractivity contribution is 0.318. The van der Waals surface area contributed by atoms with E-state index in [1.54, 1.807) is 12.1 Å². The summed E-state index contributed by atoms with van der Waals surface area (Å²) in [6.07, 6.45) is 0.867. The zero-order valence-electron chi connectivity index (χ0n) is 11.2. The molecule has 2 nitrogen and oxygen atoms in total. The first-order chi connectivity index (χ1) is 9.79. The zero-order valence-corrected chi connectivity index (χ0v) is 12.0. The van der Waals surface area contributed by atoms with Crippen LogP contribution in [-0.4, -0.2) is 12.4 Å². The van der Waals surface area contributed by atoms with Gasteiger partial charge in [-0.3, -0.25) is 0 Å². The van der Waals surface area contributed by atoms with E-state index in [0.29, 0.717) is 18.0 Å². The van der Waals surface area contributed by atoms with Crippen LogP contribution in [0, 0.1) is 5.82 Å². The Bertz CT molecular complexity index is 548. The van der Waals surface area contributed by atoms with Crippen LogP contribution < -0.4 is 10.5 Å². The summed E-state index contributed by atoms with van der Waals surface area (Å²) in [5.74, 6) is 1.51. The Morgan fingerprint density at radius 1 is 1.10 bits per heavy atom. The molecule has 0 aliphatic carbocycles. The third-order valence-corrected chi connectivity index (χ3v) is 3.92. The van der Waals surface area contributed by atoms with Gasteiger partial charge in [-0.1, -0.05) is 24.3 Å². The fourth-order valence-corrected chi connectivity index (χ4v) is 2.62. The normalized spacial score (nSPS) is 10.5. The minimum absolute atomic E-state index is 0.158. The van der Waals surface area contributed by atoms with Crippen LogP contribution in [-0.2, 0) is 6.54 Å². The van der Waals surface area contributed by atoms with Gasteiger partial charge >= 0.3 is 0 Å². The summed E-state index contributed by atoms with van der Waals surface area (Å²) in [5.41, 5.74) is 6.64. The summed E-state index contributed by atoms with van der Waals surface area (Å²) >= 11 is 1.51. The molecule has 0 saturated heterocycles. The maximum atomic E-state index is 13.4. The first-order valence-corrected chi connectivity index (χ1v) is 7.57. The summed E-state index contributed by atoms with van der Waals surface area (Å²) in [6, 6.07) is 14.6. The van der Waals surface area contributed by atoms with Crippen molar-refractivity contribution in [1.29, 1.82) is 0 Å². The standard InChI is InChI=1S/C16H18FNOS/c17-15-7-1-2-8-16(15)20-10-4-9-19-14-6-3-5-13(11-14)12-18/h1-3,5-8,11H,4,9-10,12,18H2. The smallest absolute Gasteiger partial charge is 0.136 e. The molecule has 0 aliphatic heterocycles. The molecule has 0 bridgehead atoms. The predicted molar refractivity (Wildman–Crippen MR) is 81.6 cm³/mol. The predicted octanol–water partition coefficient (Wildman–Crippen LogP) is 3.85. The molecule has 0 atom stereocenters. The average Bonchev–Trinajstić information content (AvgIpc) is 2.49. The molecule has 106 valence electrons. The highest BCUT2D eigenvalue weighted by Crippen LogP contribution is 2.22. The molecular weight excluding hydrogens is 273 g/mol. The maximum absolute atomic E-state index is 13.4. The van der Waals surface area contributed by atoms with Gasteiger partial charge in [0.2, 0.25) is 0 Å². The Labute approximate surface area is 123 Å². The van der Waals surface area contributed by atoms with Crippen LogP contribution in [0.25, 0.3) is 0 Å². The van der Waals surface area contributed by atoms with Gasteiger partial charge in [0.05, 0.1) is 6.61 Å². The van der Waals surface area contributed by atoms with Crippen molar-refractivity contribution in [3.05, 3.63) is 59.9 Å². The summed E-state index contributed by atoms with van der Waals surface area (Å²) in [7, 11) is 0. The lowest BCUT2D eigenvalue weighted by Gasteiger charge is -2.07. The van der Waals surface area contributed by atoms with Crippen molar-refractivity contribution in [2.75, 3.05) is 12.4 Å². The second-order valence-corrected chi connectivity index (χ2v) is 5.47. The Hall–Kier alpha value is -1.52. The zero-order chi connectivity index (χ0) is 14.2. The molecule has 20 heavy (non-hydrogen) atoms. The van der Waals surface area contributed by atoms with Crippen molar-refractivity contribution in [2.24, 2.45) is 5.73 Å². The lowest BCUT2D eigenvalue weighted by atomic mass is 10.2. The molecule has 0 amide bonds. The monoisotopic (exact) mass is 291 g/mol. The van der Waals surface area contributed by atoms with Crippen LogP contribution in [0.1, 0.15) is 12.0 Å². The van der Waals surface area contributed by atoms with Gasteiger partial charge in [0.15, 0.2) is 0 Å². The van der Waals surface area contributed by atoms with Crippen molar-refractivity contribution in [1.82, 2.24) is 0 Å². The van der Waals surface area contributed by atoms with E-state index >= 15 is 0 Å². The van der Waals surface area contributed by atoms with Crippen LogP contribution in [0.15, 0.2) is 53.4 Å². The van der Waals surface area contributed by atoms with Crippen LogP contribution in [0.5, 0.6) is 5.75 Å². The lowest BCUT2D eigenvalue weighted by Crippen LogP contribution is -2.01. The fourth-order valence-electron chi connectivity index (χ4n) is 1.76. The molecule has 0 aliphatic rings. The third-order valence-electron chi connectivity index (χ3n) is 2.79. The van der Waals surface area contributed by atoms with Gasteiger partial charge in [0.25, 0.3) is 0 Å². The first-order valence-electron chi connectivity index (χ1n) is 6.59. The van der Waals surface area contributed by atoms with E-state index in [0.717, 1.165) is 23.5 Å². The number of hydrogen-bond acceptors (Lipinski definition) is 3. The molecule has 2 rings (SSSR count). The molecular formula is C16H18FNOS. The summed E-state index contributed by atoms with van der Waals surface area (Å²) in [6.45, 7) is 1.13. The summed E-state index contributed by atoms with van der Waals surface area (Å²) in [5, 5.41) is 0. The van der Waals surface area contributed by atoms with E-state index in [2.05, 4.69) is 0 Å². The van der Waals surface area contributed by atoms with E-state index < -0.39 is 0 Å². The van der Waals surface area contributed by atoms with E-state index in [1.165, 1.54) is 17.8 Å². The highest BCUT2D eigenvalue weighted by atomic mass is 32.2. The number of ether oxygens (including phenoxy) is 1. The van der Waals surface area contributed by atoms with Crippen LogP contribution in [0.4, 0.5) is 4.39 Å². The van der Waals surface area contributed by atoms with E-state index in [-0.39, 0.29) is 5.82 Å². The van der Waals surface area contributed by atoms with Crippen LogP contribution in [0.3, 0.4) is 0 Å². The first kappa shape index (κ1) is 14.9. The largest absolute Gasteiger partial charge is 0.494 e. The van der Waals surface area contributed by atoms with Crippen molar-refractivity contribution in [3.63, 3.8) is 0 Å². The SMILES string of the molecule is NCc1cccc(OCCCSc2ccccc2F)c1. The van der Waals surface area contributed by atoms with Gasteiger partial charge < -0.3 is 10.5 Å². The topological polar surface area (TPSA) is 35.2 Å². The average molecular weight is 291 g/mol. The van der Waals surface area contributed by atoms with Gasteiger partial charge in [-0.05, 0) is 36.2 Å². The maximum Gasteiger partial charge on any atom is 0.136 e. The molecule has 2 aromatic carbocycles. The van der Waals surface area contributed by atoms with Crippen molar-refractivity contribution in [2.45, 2.75) is 17.9 Å². The Morgan fingerprint density at radius 2 is 1.95 bits per heavy atom. The molecule has 2 aromatic rings. The minimum Gasteiger partial charge on any atom is -0.494 e. The van der Waals surface area contributed by atoms with E-state index in [1.807, 2.05) is 30.3 Å². The number of nitrogens with two attached hydrogens (primary N) is 1. The van der Waals surface area contributed by atoms with Crippen LogP contribution in [0.2, 0.25) is 0 Å². The molecule has 0 unspecified atom stereocenters. The summed E-state index contributed by atoms with van der Waals surface area (Å²) in [4.78, 5) is 0.692. The Morgan fingerprint density at radius 3 is 2.75 bits per heavy atom. The molecule has 0 fully saturated rings. The third kappa shape index (κ3) is 4.54. The highest BCUT2D eigenvalue weighted by molar-refractivity contribution is 7.99. The fraction of sp³-hybridized carbons (Fsp3) is 0.250. The number of halogens is 1. The molecule has 0 spiro atoms. The summed E-state index contributed by atoms with van der Waals surface area (Å²) < 4.78 is 19.0. The number of hydrogen-bond donors (Lipinski definition) is 1. The molecule has 0 aromatic heterocycles. The Balaban J connectivity index is 1.70. The molecule has 0 heterocycles. The molecule has 0 radical (unpaired) electrons. The van der Waals surface area contributed by atoms with Crippen molar-refractivity contribution >= 4 is 11.8 Å². The van der Waals surface area contributed by atoms with E-state index in [9.17, 15) is 4.39 Å². The van der Waals surface area contributed by atoms with Gasteiger partial charge in [0, 0.05) is 17.2 Å². The molecule has 0 saturated carbocycles. The van der Waals surface area contributed by atoms with E-state index in [4.69, 9.17) is 10.5 Å². The van der Waals surface area contributed by atoms with Gasteiger partial charge in [-0.2, -0.15) is 0 Å². The number of benzene rings is 2. The second kappa shape index (κ2) is 7.92. The Kier molecular flexibility index (Phi) is 5.89. The number of rotatable bonds is 7. The minimum atomic E-state index is -0.158. The van der Waals surface area contributed by atoms with Gasteiger partial charge in [0.1, 0.15) is 11.6 Å². The molecule has 2 N–H and O–H groups in total. The number of thioether (sulfide) groups is 1. The highest BCUT2D eigenvalue weighted by Gasteiger charge is 2.01. The van der Waals surface area contributed by atoms with Crippen LogP contribution >= 0.6 is 11.8 Å². The quantitative estimate of drug-likeness (QED) is 0.622. The van der Waals surface area contributed by atoms with Gasteiger partial charge in [-0.15, -0.1) is 11.8 Å². The van der Waals surface area contributed by atoms with Crippen molar-refractivity contribution in [3.8, 4) is 5.75 Å². The second-order valence-electron chi connectivity index (χ2n) is 4.33. The molecule has 4 heteroatoms. The van der Waals surface area contributed by atoms with Crippen molar-refractivity contribution < 1.29 is 9.13 Å².